The summed E-state index contributed by atoms with van der Waals surface area (Å²) < 4.78 is 85.3. The summed E-state index contributed by atoms with van der Waals surface area (Å²) in [6, 6.07) is 20.0. The first kappa shape index (κ1) is 36.9. The normalized spacial score (nSPS) is 15.6. The lowest BCUT2D eigenvalue weighted by atomic mass is 9.87. The zero-order chi connectivity index (χ0) is 35.2. The average molecular weight is 684 g/mol. The number of likely N-dealkylation sites (N-methyl/N-ethyl adjacent to an activating group) is 1. The molecule has 1 aliphatic heterocycles. The maximum atomic E-state index is 13.8. The highest BCUT2D eigenvalue weighted by atomic mass is 32.2. The predicted octanol–water partition coefficient (Wildman–Crippen LogP) is 3.33. The molecule has 0 spiro atoms. The summed E-state index contributed by atoms with van der Waals surface area (Å²) in [4.78, 5) is 34.6. The zero-order valence-corrected chi connectivity index (χ0v) is 26.3. The van der Waals surface area contributed by atoms with E-state index in [-0.39, 0.29) is 30.3 Å². The molecule has 3 aromatic rings. The van der Waals surface area contributed by atoms with Gasteiger partial charge in [0.05, 0.1) is 18.0 Å². The average Bonchev–Trinajstić information content (AvgIpc) is 2.98. The van der Waals surface area contributed by atoms with Crippen LogP contribution in [0.1, 0.15) is 18.1 Å². The molecular weight excluding hydrogens is 650 g/mol. The Hall–Kier alpha value is -4.54. The van der Waals surface area contributed by atoms with Gasteiger partial charge < -0.3 is 25.2 Å². The van der Waals surface area contributed by atoms with Crippen LogP contribution >= 0.6 is 0 Å². The summed E-state index contributed by atoms with van der Waals surface area (Å²) in [7, 11) is -0.828. The lowest BCUT2D eigenvalue weighted by molar-refractivity contribution is -0.192. The topological polar surface area (TPSA) is 157 Å². The van der Waals surface area contributed by atoms with Crippen LogP contribution in [0.4, 0.5) is 17.6 Å². The largest absolute Gasteiger partial charge is 0.490 e. The fraction of sp³-hybridized carbons (Fsp3) is 0.323. The van der Waals surface area contributed by atoms with E-state index in [2.05, 4.69) is 0 Å². The first-order chi connectivity index (χ1) is 21.9. The van der Waals surface area contributed by atoms with Crippen LogP contribution < -0.4 is 10.5 Å². The molecule has 254 valence electrons. The highest BCUT2D eigenvalue weighted by Crippen LogP contribution is 2.40. The summed E-state index contributed by atoms with van der Waals surface area (Å²) in [6.07, 6.45) is -6.06. The number of hydrogen-bond acceptors (Lipinski definition) is 8. The van der Waals surface area contributed by atoms with Gasteiger partial charge in [-0.2, -0.15) is 17.5 Å². The van der Waals surface area contributed by atoms with E-state index in [1.807, 2.05) is 30.3 Å². The minimum absolute atomic E-state index is 0.0156. The Morgan fingerprint density at radius 2 is 1.60 bits per heavy atom. The highest BCUT2D eigenvalue weighted by molar-refractivity contribution is 7.89. The number of hydrogen-bond donors (Lipinski definition) is 2. The Balaban J connectivity index is 0.000000771. The molecule has 0 aliphatic carbocycles. The molecule has 1 heterocycles. The van der Waals surface area contributed by atoms with Crippen LogP contribution in [0.15, 0.2) is 83.8 Å². The second-order valence-corrected chi connectivity index (χ2v) is 12.7. The van der Waals surface area contributed by atoms with Crippen molar-refractivity contribution < 1.29 is 54.9 Å². The molecule has 3 aromatic carbocycles. The first-order valence-electron chi connectivity index (χ1n) is 13.9. The SMILES string of the molecule is C[C@@H](OC(=O)[C@@H](N)Cc1cccc(S(=O)(=O)N2CC(Oc3cccc(F)c3)(c3ccccc3)C2)c1)C(=O)N(C)C.O=C(O)C(F)(F)F. The van der Waals surface area contributed by atoms with Gasteiger partial charge in [-0.1, -0.05) is 48.5 Å². The smallest absolute Gasteiger partial charge is 0.480 e. The predicted molar refractivity (Wildman–Crippen MR) is 160 cm³/mol. The molecule has 11 nitrogen and oxygen atoms in total. The van der Waals surface area contributed by atoms with E-state index in [1.165, 1.54) is 46.5 Å². The van der Waals surface area contributed by atoms with E-state index in [0.29, 0.717) is 11.3 Å². The van der Waals surface area contributed by atoms with Crippen LogP contribution in [0.3, 0.4) is 0 Å². The number of carboxylic acids is 1. The molecule has 0 bridgehead atoms. The van der Waals surface area contributed by atoms with Gasteiger partial charge in [0.25, 0.3) is 5.91 Å². The standard InChI is InChI=1S/C29H32FN3O6S.C2HF3O2/c1-20(27(34)32(2)3)38-28(35)26(31)16-21-9-7-14-25(15-21)40(36,37)33-18-29(19-33,22-10-5-4-6-11-22)39-24-13-8-12-23(30)17-24;3-2(4,5)1(6)7/h4-15,17,20,26H,16,18-19,31H2,1-3H3;(H,6,7)/t20-,26+;/m1./s1. The van der Waals surface area contributed by atoms with E-state index >= 15 is 0 Å². The Morgan fingerprint density at radius 1 is 1.00 bits per heavy atom. The third kappa shape index (κ3) is 9.49. The lowest BCUT2D eigenvalue weighted by Crippen LogP contribution is -2.64. The van der Waals surface area contributed by atoms with Crippen molar-refractivity contribution >= 4 is 27.9 Å². The van der Waals surface area contributed by atoms with E-state index in [4.69, 9.17) is 25.1 Å². The lowest BCUT2D eigenvalue weighted by Gasteiger charge is -2.48. The number of carbonyl (C=O) groups excluding carboxylic acids is 2. The third-order valence-electron chi connectivity index (χ3n) is 6.89. The number of ether oxygens (including phenoxy) is 2. The fourth-order valence-electron chi connectivity index (χ4n) is 4.49. The van der Waals surface area contributed by atoms with Gasteiger partial charge in [-0.05, 0) is 48.7 Å². The second-order valence-electron chi connectivity index (χ2n) is 10.8. The number of alkyl halides is 3. The molecule has 1 fully saturated rings. The van der Waals surface area contributed by atoms with Crippen molar-refractivity contribution in [2.45, 2.75) is 42.2 Å². The molecule has 0 saturated carbocycles. The number of aliphatic carboxylic acids is 1. The molecule has 1 amide bonds. The van der Waals surface area contributed by atoms with Crippen molar-refractivity contribution in [2.24, 2.45) is 5.73 Å². The van der Waals surface area contributed by atoms with Gasteiger partial charge >= 0.3 is 18.1 Å². The Labute approximate surface area is 268 Å². The fourth-order valence-corrected chi connectivity index (χ4v) is 6.10. The molecule has 4 rings (SSSR count). The summed E-state index contributed by atoms with van der Waals surface area (Å²) in [5.74, 6) is -4.06. The van der Waals surface area contributed by atoms with E-state index < -0.39 is 51.7 Å². The number of benzene rings is 3. The quantitative estimate of drug-likeness (QED) is 0.242. The van der Waals surface area contributed by atoms with Crippen LogP contribution in [0.25, 0.3) is 0 Å². The monoisotopic (exact) mass is 683 g/mol. The molecular formula is C31H33F4N3O8S. The molecule has 47 heavy (non-hydrogen) atoms. The van der Waals surface area contributed by atoms with Crippen LogP contribution in [0.5, 0.6) is 5.75 Å². The Bertz CT molecular complexity index is 1680. The van der Waals surface area contributed by atoms with Crippen molar-refractivity contribution in [1.29, 1.82) is 0 Å². The number of carbonyl (C=O) groups is 3. The van der Waals surface area contributed by atoms with Gasteiger partial charge in [-0.25, -0.2) is 17.6 Å². The number of rotatable bonds is 10. The van der Waals surface area contributed by atoms with Gasteiger partial charge in [-0.3, -0.25) is 9.59 Å². The number of nitrogens with zero attached hydrogens (tertiary/aromatic N) is 2. The second kappa shape index (κ2) is 14.9. The minimum atomic E-state index is -5.08. The van der Waals surface area contributed by atoms with Crippen molar-refractivity contribution in [3.05, 3.63) is 95.8 Å². The Kier molecular flexibility index (Phi) is 11.7. The van der Waals surface area contributed by atoms with Crippen LogP contribution in [0, 0.1) is 5.82 Å². The zero-order valence-electron chi connectivity index (χ0n) is 25.5. The Morgan fingerprint density at radius 3 is 2.15 bits per heavy atom. The number of carboxylic acid groups (broad SMARTS) is 1. The molecule has 1 saturated heterocycles. The van der Waals surface area contributed by atoms with Gasteiger partial charge in [0.2, 0.25) is 10.0 Å². The summed E-state index contributed by atoms with van der Waals surface area (Å²) in [6.45, 7) is 1.49. The maximum absolute atomic E-state index is 13.8. The summed E-state index contributed by atoms with van der Waals surface area (Å²) in [5, 5.41) is 7.12. The molecule has 2 atom stereocenters. The van der Waals surface area contributed by atoms with Gasteiger partial charge in [0, 0.05) is 20.2 Å². The van der Waals surface area contributed by atoms with E-state index in [9.17, 15) is 35.6 Å². The first-order valence-corrected chi connectivity index (χ1v) is 15.4. The molecule has 3 N–H and O–H groups in total. The molecule has 1 aliphatic rings. The van der Waals surface area contributed by atoms with Crippen LogP contribution in [0.2, 0.25) is 0 Å². The van der Waals surface area contributed by atoms with Gasteiger partial charge in [0.1, 0.15) is 17.6 Å². The number of sulfonamides is 1. The summed E-state index contributed by atoms with van der Waals surface area (Å²) >= 11 is 0. The van der Waals surface area contributed by atoms with Crippen molar-refractivity contribution in [3.8, 4) is 5.75 Å². The number of amides is 1. The number of esters is 1. The highest BCUT2D eigenvalue weighted by Gasteiger charge is 2.52. The van der Waals surface area contributed by atoms with E-state index in [0.717, 1.165) is 5.56 Å². The number of nitrogens with two attached hydrogens (primary N) is 1. The van der Waals surface area contributed by atoms with Crippen molar-refractivity contribution in [3.63, 3.8) is 0 Å². The maximum Gasteiger partial charge on any atom is 0.490 e. The number of halogens is 4. The molecule has 0 aromatic heterocycles. The molecule has 0 unspecified atom stereocenters. The van der Waals surface area contributed by atoms with Crippen molar-refractivity contribution in [2.75, 3.05) is 27.2 Å². The van der Waals surface area contributed by atoms with Gasteiger partial charge in [-0.15, -0.1) is 0 Å². The van der Waals surface area contributed by atoms with Crippen LogP contribution in [-0.4, -0.2) is 86.1 Å². The van der Waals surface area contributed by atoms with Gasteiger partial charge in [0.15, 0.2) is 11.7 Å². The van der Waals surface area contributed by atoms with Crippen molar-refractivity contribution in [1.82, 2.24) is 9.21 Å². The molecule has 16 heteroatoms. The van der Waals surface area contributed by atoms with E-state index in [1.54, 1.807) is 32.3 Å². The minimum Gasteiger partial charge on any atom is -0.480 e. The summed E-state index contributed by atoms with van der Waals surface area (Å²) in [5.41, 5.74) is 6.30. The molecule has 0 radical (unpaired) electrons. The van der Waals surface area contributed by atoms with Crippen LogP contribution in [-0.2, 0) is 41.2 Å². The third-order valence-corrected chi connectivity index (χ3v) is 8.68.